The molecule has 0 aliphatic heterocycles. The normalized spacial score (nSPS) is 22.2. The molecule has 2 N–H and O–H groups in total. The summed E-state index contributed by atoms with van der Waals surface area (Å²) in [5.41, 5.74) is 1.61. The van der Waals surface area contributed by atoms with Crippen molar-refractivity contribution in [2.45, 2.75) is 43.0 Å². The lowest BCUT2D eigenvalue weighted by molar-refractivity contribution is -0.117. The van der Waals surface area contributed by atoms with Crippen LogP contribution in [0, 0.1) is 5.92 Å². The van der Waals surface area contributed by atoms with Crippen molar-refractivity contribution in [3.63, 3.8) is 0 Å². The van der Waals surface area contributed by atoms with Crippen LogP contribution >= 0.6 is 23.1 Å². The minimum absolute atomic E-state index is 0.169. The molecular weight excluding hydrogens is 296 g/mol. The number of hydrogen-bond acceptors (Lipinski definition) is 6. The molecule has 20 heavy (non-hydrogen) atoms. The fraction of sp³-hybridized carbons (Fsp3) is 0.667. The van der Waals surface area contributed by atoms with Gasteiger partial charge in [-0.2, -0.15) is 0 Å². The highest BCUT2D eigenvalue weighted by molar-refractivity contribution is 8.01. The fourth-order valence-corrected chi connectivity index (χ4v) is 3.54. The fourth-order valence-electron chi connectivity index (χ4n) is 2.25. The third-order valence-corrected chi connectivity index (χ3v) is 5.21. The Morgan fingerprint density at radius 1 is 1.45 bits per heavy atom. The van der Waals surface area contributed by atoms with E-state index in [0.717, 1.165) is 23.6 Å². The van der Waals surface area contributed by atoms with E-state index < -0.39 is 6.03 Å². The zero-order chi connectivity index (χ0) is 14.4. The average molecular weight is 314 g/mol. The molecule has 0 bridgehead atoms. The molecule has 0 spiro atoms. The Labute approximate surface area is 126 Å². The predicted octanol–water partition coefficient (Wildman–Crippen LogP) is 2.03. The lowest BCUT2D eigenvalue weighted by atomic mass is 9.86. The first-order chi connectivity index (χ1) is 9.65. The van der Waals surface area contributed by atoms with E-state index in [-0.39, 0.29) is 17.7 Å². The lowest BCUT2D eigenvalue weighted by Crippen LogP contribution is -2.48. The van der Waals surface area contributed by atoms with Crippen molar-refractivity contribution in [2.24, 2.45) is 5.92 Å². The van der Waals surface area contributed by atoms with Crippen LogP contribution in [0.1, 0.15) is 32.6 Å². The Morgan fingerprint density at radius 2 is 2.25 bits per heavy atom. The zero-order valence-corrected chi connectivity index (χ0v) is 12.9. The second kappa shape index (κ2) is 7.58. The Hall–Kier alpha value is -1.15. The van der Waals surface area contributed by atoms with Crippen LogP contribution in [0.2, 0.25) is 0 Å². The number of imide groups is 1. The first-order valence-corrected chi connectivity index (χ1v) is 8.51. The number of thioether (sulfide) groups is 1. The molecule has 3 amide bonds. The molecule has 2 rings (SSSR count). The van der Waals surface area contributed by atoms with Crippen LogP contribution in [0.25, 0.3) is 0 Å². The van der Waals surface area contributed by atoms with E-state index in [1.54, 1.807) is 5.51 Å². The predicted molar refractivity (Wildman–Crippen MR) is 78.7 cm³/mol. The molecule has 0 radical (unpaired) electrons. The van der Waals surface area contributed by atoms with Crippen molar-refractivity contribution in [1.82, 2.24) is 20.8 Å². The molecule has 8 heteroatoms. The summed E-state index contributed by atoms with van der Waals surface area (Å²) >= 11 is 2.65. The van der Waals surface area contributed by atoms with Crippen molar-refractivity contribution < 1.29 is 9.59 Å². The van der Waals surface area contributed by atoms with E-state index in [4.69, 9.17) is 0 Å². The maximum Gasteiger partial charge on any atom is 0.321 e. The minimum atomic E-state index is -0.397. The first-order valence-electron chi connectivity index (χ1n) is 6.64. The molecule has 6 nitrogen and oxygen atoms in total. The monoisotopic (exact) mass is 314 g/mol. The van der Waals surface area contributed by atoms with Gasteiger partial charge in [-0.05, 0) is 18.8 Å². The summed E-state index contributed by atoms with van der Waals surface area (Å²) in [5, 5.41) is 12.7. The van der Waals surface area contributed by atoms with E-state index in [9.17, 15) is 9.59 Å². The second-order valence-corrected chi connectivity index (χ2v) is 6.94. The number of urea groups is 1. The number of hydrogen-bond donors (Lipinski definition) is 2. The van der Waals surface area contributed by atoms with Crippen molar-refractivity contribution in [2.75, 3.05) is 5.75 Å². The summed E-state index contributed by atoms with van der Waals surface area (Å²) in [6.07, 6.45) is 4.47. The topological polar surface area (TPSA) is 84.0 Å². The Morgan fingerprint density at radius 3 is 2.95 bits per heavy atom. The summed E-state index contributed by atoms with van der Waals surface area (Å²) in [5.74, 6) is 0.328. The van der Waals surface area contributed by atoms with Crippen LogP contribution in [-0.2, 0) is 4.79 Å². The molecule has 1 saturated carbocycles. The van der Waals surface area contributed by atoms with Gasteiger partial charge in [-0.3, -0.25) is 10.1 Å². The number of aromatic nitrogens is 2. The number of carbonyl (C=O) groups is 2. The molecule has 0 saturated heterocycles. The van der Waals surface area contributed by atoms with Gasteiger partial charge in [0.05, 0.1) is 5.75 Å². The van der Waals surface area contributed by atoms with E-state index >= 15 is 0 Å². The Bertz CT molecular complexity index is 452. The van der Waals surface area contributed by atoms with Gasteiger partial charge in [0.1, 0.15) is 5.51 Å². The zero-order valence-electron chi connectivity index (χ0n) is 11.3. The highest BCUT2D eigenvalue weighted by Gasteiger charge is 2.23. The third kappa shape index (κ3) is 4.75. The van der Waals surface area contributed by atoms with Gasteiger partial charge in [-0.25, -0.2) is 4.79 Å². The van der Waals surface area contributed by atoms with Crippen LogP contribution in [-0.4, -0.2) is 33.9 Å². The van der Waals surface area contributed by atoms with Crippen LogP contribution in [0.15, 0.2) is 9.85 Å². The summed E-state index contributed by atoms with van der Waals surface area (Å²) in [7, 11) is 0. The maximum absolute atomic E-state index is 11.8. The van der Waals surface area contributed by atoms with Gasteiger partial charge < -0.3 is 5.32 Å². The molecule has 2 atom stereocenters. The van der Waals surface area contributed by atoms with Gasteiger partial charge in [0, 0.05) is 6.04 Å². The highest BCUT2D eigenvalue weighted by Crippen LogP contribution is 2.23. The highest BCUT2D eigenvalue weighted by atomic mass is 32.2. The molecule has 0 unspecified atom stereocenters. The van der Waals surface area contributed by atoms with E-state index in [0.29, 0.717) is 5.92 Å². The standard InChI is InChI=1S/C12H18N4O2S2/c1-8-4-2-3-5-9(8)14-11(18)15-10(17)6-19-12-16-13-7-20-12/h7-9H,2-6H2,1H3,(H2,14,15,17,18)/t8-,9+/m1/s1. The molecule has 110 valence electrons. The molecule has 1 aliphatic carbocycles. The SMILES string of the molecule is C[C@@H]1CCCC[C@@H]1NC(=O)NC(=O)CSc1nncs1. The molecule has 1 aliphatic rings. The summed E-state index contributed by atoms with van der Waals surface area (Å²) in [4.78, 5) is 23.4. The number of carbonyl (C=O) groups excluding carboxylic acids is 2. The van der Waals surface area contributed by atoms with Gasteiger partial charge in [-0.15, -0.1) is 10.2 Å². The van der Waals surface area contributed by atoms with Crippen molar-refractivity contribution in [3.05, 3.63) is 5.51 Å². The number of nitrogens with one attached hydrogen (secondary N) is 2. The van der Waals surface area contributed by atoms with E-state index in [1.807, 2.05) is 0 Å². The number of amides is 3. The number of rotatable bonds is 4. The van der Waals surface area contributed by atoms with Crippen molar-refractivity contribution >= 4 is 35.0 Å². The summed E-state index contributed by atoms with van der Waals surface area (Å²) in [6, 6.07) is -0.223. The average Bonchev–Trinajstić information content (AvgIpc) is 2.92. The second-order valence-electron chi connectivity index (χ2n) is 4.88. The van der Waals surface area contributed by atoms with Crippen LogP contribution in [0.3, 0.4) is 0 Å². The Balaban J connectivity index is 1.69. The van der Waals surface area contributed by atoms with Gasteiger partial charge in [0.2, 0.25) is 5.91 Å². The molecule has 1 heterocycles. The Kier molecular flexibility index (Phi) is 5.78. The van der Waals surface area contributed by atoms with E-state index in [2.05, 4.69) is 27.8 Å². The van der Waals surface area contributed by atoms with Crippen molar-refractivity contribution in [3.8, 4) is 0 Å². The minimum Gasteiger partial charge on any atom is -0.335 e. The number of nitrogens with zero attached hydrogens (tertiary/aromatic N) is 2. The van der Waals surface area contributed by atoms with Gasteiger partial charge in [-0.1, -0.05) is 42.9 Å². The smallest absolute Gasteiger partial charge is 0.321 e. The van der Waals surface area contributed by atoms with Crippen molar-refractivity contribution in [1.29, 1.82) is 0 Å². The summed E-state index contributed by atoms with van der Waals surface area (Å²) < 4.78 is 0.724. The molecule has 0 aromatic carbocycles. The summed E-state index contributed by atoms with van der Waals surface area (Å²) in [6.45, 7) is 2.14. The van der Waals surface area contributed by atoms with Crippen LogP contribution in [0.5, 0.6) is 0 Å². The first kappa shape index (κ1) is 15.2. The lowest BCUT2D eigenvalue weighted by Gasteiger charge is -2.29. The van der Waals surface area contributed by atoms with E-state index in [1.165, 1.54) is 29.5 Å². The molecule has 1 aromatic rings. The molecule has 1 aromatic heterocycles. The van der Waals surface area contributed by atoms with Crippen LogP contribution < -0.4 is 10.6 Å². The van der Waals surface area contributed by atoms with Gasteiger partial charge in [0.25, 0.3) is 0 Å². The van der Waals surface area contributed by atoms with Crippen LogP contribution in [0.4, 0.5) is 4.79 Å². The quantitative estimate of drug-likeness (QED) is 0.831. The maximum atomic E-state index is 11.8. The molecule has 1 fully saturated rings. The third-order valence-electron chi connectivity index (χ3n) is 3.35. The molecular formula is C12H18N4O2S2. The van der Waals surface area contributed by atoms with Gasteiger partial charge in [0.15, 0.2) is 4.34 Å². The van der Waals surface area contributed by atoms with Gasteiger partial charge >= 0.3 is 6.03 Å². The largest absolute Gasteiger partial charge is 0.335 e.